The third-order valence-electron chi connectivity index (χ3n) is 6.05. The lowest BCUT2D eigenvalue weighted by Gasteiger charge is -2.52. The first-order valence-corrected chi connectivity index (χ1v) is 9.77. The molecule has 8 heteroatoms. The maximum atomic E-state index is 12.4. The molecule has 26 heavy (non-hydrogen) atoms. The number of carboxylic acids is 1. The molecule has 3 unspecified atom stereocenters. The number of hydrogen-bond donors (Lipinski definition) is 3. The average molecular weight is 369 g/mol. The Morgan fingerprint density at radius 3 is 2.62 bits per heavy atom. The summed E-state index contributed by atoms with van der Waals surface area (Å²) in [4.78, 5) is 25.2. The third kappa shape index (κ3) is 3.82. The highest BCUT2D eigenvalue weighted by Crippen LogP contribution is 2.45. The molecular weight excluding hydrogens is 338 g/mol. The van der Waals surface area contributed by atoms with Crippen LogP contribution in [0, 0.1) is 0 Å². The zero-order valence-corrected chi connectivity index (χ0v) is 15.7. The SMILES string of the molecule is CCOC1CC(NC(=O)NC2CC(N(CC)CC(=O)O)C2)C12CCCO2. The van der Waals surface area contributed by atoms with E-state index >= 15 is 0 Å². The summed E-state index contributed by atoms with van der Waals surface area (Å²) in [5, 5.41) is 15.0. The van der Waals surface area contributed by atoms with E-state index in [2.05, 4.69) is 10.6 Å². The fraction of sp³-hybridized carbons (Fsp3) is 0.889. The van der Waals surface area contributed by atoms with Crippen molar-refractivity contribution >= 4 is 12.0 Å². The second-order valence-electron chi connectivity index (χ2n) is 7.54. The van der Waals surface area contributed by atoms with Gasteiger partial charge in [0, 0.05) is 25.3 Å². The Labute approximate surface area is 154 Å². The van der Waals surface area contributed by atoms with E-state index in [9.17, 15) is 9.59 Å². The molecule has 148 valence electrons. The summed E-state index contributed by atoms with van der Waals surface area (Å²) in [6.45, 7) is 6.08. The summed E-state index contributed by atoms with van der Waals surface area (Å²) in [7, 11) is 0. The Hall–Kier alpha value is -1.38. The van der Waals surface area contributed by atoms with Gasteiger partial charge in [-0.3, -0.25) is 9.69 Å². The molecule has 2 amide bonds. The van der Waals surface area contributed by atoms with Crippen molar-refractivity contribution in [3.05, 3.63) is 0 Å². The van der Waals surface area contributed by atoms with Crippen molar-refractivity contribution in [2.75, 3.05) is 26.3 Å². The Morgan fingerprint density at radius 1 is 1.27 bits per heavy atom. The maximum Gasteiger partial charge on any atom is 0.317 e. The predicted molar refractivity (Wildman–Crippen MR) is 95.1 cm³/mol. The minimum absolute atomic E-state index is 0.00317. The molecule has 3 N–H and O–H groups in total. The van der Waals surface area contributed by atoms with Crippen LogP contribution >= 0.6 is 0 Å². The van der Waals surface area contributed by atoms with Gasteiger partial charge < -0.3 is 25.2 Å². The van der Waals surface area contributed by atoms with Crippen molar-refractivity contribution in [3.63, 3.8) is 0 Å². The number of aliphatic carboxylic acids is 1. The highest BCUT2D eigenvalue weighted by atomic mass is 16.6. The van der Waals surface area contributed by atoms with Crippen LogP contribution in [0.4, 0.5) is 4.79 Å². The molecule has 8 nitrogen and oxygen atoms in total. The van der Waals surface area contributed by atoms with Crippen LogP contribution in [-0.2, 0) is 14.3 Å². The summed E-state index contributed by atoms with van der Waals surface area (Å²) in [6.07, 6.45) is 4.38. The number of nitrogens with one attached hydrogen (secondary N) is 2. The van der Waals surface area contributed by atoms with Crippen LogP contribution in [0.15, 0.2) is 0 Å². The average Bonchev–Trinajstić information content (AvgIpc) is 3.07. The van der Waals surface area contributed by atoms with Crippen LogP contribution in [-0.4, -0.2) is 78.1 Å². The Kier molecular flexibility index (Phi) is 6.04. The molecule has 2 aliphatic carbocycles. The van der Waals surface area contributed by atoms with E-state index in [1.807, 2.05) is 18.7 Å². The van der Waals surface area contributed by atoms with E-state index in [4.69, 9.17) is 14.6 Å². The van der Waals surface area contributed by atoms with Gasteiger partial charge in [0.1, 0.15) is 5.60 Å². The molecule has 0 aromatic rings. The molecule has 2 saturated carbocycles. The minimum Gasteiger partial charge on any atom is -0.480 e. The number of nitrogens with zero attached hydrogens (tertiary/aromatic N) is 1. The number of ether oxygens (including phenoxy) is 2. The van der Waals surface area contributed by atoms with Crippen LogP contribution in [0.2, 0.25) is 0 Å². The van der Waals surface area contributed by atoms with Crippen molar-refractivity contribution < 1.29 is 24.2 Å². The largest absolute Gasteiger partial charge is 0.480 e. The summed E-state index contributed by atoms with van der Waals surface area (Å²) in [6, 6.07) is 0.170. The standard InChI is InChI=1S/C18H31N3O5/c1-3-21(11-16(22)23)13-8-12(9-13)19-17(24)20-14-10-15(25-4-2)18(14)6-5-7-26-18/h12-15H,3-11H2,1-2H3,(H,22,23)(H2,19,20,24). The fourth-order valence-corrected chi connectivity index (χ4v) is 4.54. The molecule has 0 bridgehead atoms. The van der Waals surface area contributed by atoms with Gasteiger partial charge in [0.25, 0.3) is 0 Å². The lowest BCUT2D eigenvalue weighted by Crippen LogP contribution is -2.71. The van der Waals surface area contributed by atoms with Crippen LogP contribution in [0.3, 0.4) is 0 Å². The Bertz CT molecular complexity index is 517. The number of carbonyl (C=O) groups is 2. The molecule has 0 aromatic heterocycles. The van der Waals surface area contributed by atoms with E-state index in [0.29, 0.717) is 13.2 Å². The fourth-order valence-electron chi connectivity index (χ4n) is 4.54. The molecule has 0 radical (unpaired) electrons. The van der Waals surface area contributed by atoms with Crippen LogP contribution < -0.4 is 10.6 Å². The summed E-state index contributed by atoms with van der Waals surface area (Å²) in [5.74, 6) is -0.809. The summed E-state index contributed by atoms with van der Waals surface area (Å²) < 4.78 is 11.7. The lowest BCUT2D eigenvalue weighted by atomic mass is 9.70. The number of carboxylic acid groups (broad SMARTS) is 1. The first-order chi connectivity index (χ1) is 12.5. The highest BCUT2D eigenvalue weighted by molar-refractivity contribution is 5.75. The molecular formula is C18H31N3O5. The summed E-state index contributed by atoms with van der Waals surface area (Å²) in [5.41, 5.74) is -0.351. The highest BCUT2D eigenvalue weighted by Gasteiger charge is 2.59. The first kappa shape index (κ1) is 19.4. The zero-order chi connectivity index (χ0) is 18.7. The van der Waals surface area contributed by atoms with Gasteiger partial charge in [0.2, 0.25) is 0 Å². The topological polar surface area (TPSA) is 100 Å². The van der Waals surface area contributed by atoms with Crippen molar-refractivity contribution in [3.8, 4) is 0 Å². The second-order valence-corrected chi connectivity index (χ2v) is 7.54. The normalized spacial score (nSPS) is 35.8. The quantitative estimate of drug-likeness (QED) is 0.589. The van der Waals surface area contributed by atoms with Crippen LogP contribution in [0.25, 0.3) is 0 Å². The second kappa shape index (κ2) is 8.10. The number of carbonyl (C=O) groups excluding carboxylic acids is 1. The van der Waals surface area contributed by atoms with Gasteiger partial charge in [-0.05, 0) is 45.6 Å². The number of amides is 2. The van der Waals surface area contributed by atoms with E-state index in [1.54, 1.807) is 0 Å². The third-order valence-corrected chi connectivity index (χ3v) is 6.05. The van der Waals surface area contributed by atoms with Crippen LogP contribution in [0.5, 0.6) is 0 Å². The molecule has 1 spiro atoms. The first-order valence-electron chi connectivity index (χ1n) is 9.77. The number of likely N-dealkylation sites (N-methyl/N-ethyl adjacent to an activating group) is 1. The van der Waals surface area contributed by atoms with Crippen molar-refractivity contribution in [1.29, 1.82) is 0 Å². The molecule has 3 rings (SSSR count). The molecule has 1 heterocycles. The Morgan fingerprint density at radius 2 is 2.04 bits per heavy atom. The Balaban J connectivity index is 1.42. The zero-order valence-electron chi connectivity index (χ0n) is 15.7. The molecule has 3 fully saturated rings. The smallest absolute Gasteiger partial charge is 0.317 e. The number of rotatable bonds is 8. The minimum atomic E-state index is -0.809. The predicted octanol–water partition coefficient (Wildman–Crippen LogP) is 0.950. The van der Waals surface area contributed by atoms with E-state index in [-0.39, 0.29) is 42.4 Å². The van der Waals surface area contributed by atoms with Gasteiger partial charge in [0.05, 0.1) is 18.7 Å². The van der Waals surface area contributed by atoms with Gasteiger partial charge in [0.15, 0.2) is 0 Å². The van der Waals surface area contributed by atoms with E-state index in [1.165, 1.54) is 0 Å². The van der Waals surface area contributed by atoms with Crippen molar-refractivity contribution in [1.82, 2.24) is 15.5 Å². The molecule has 1 saturated heterocycles. The van der Waals surface area contributed by atoms with Gasteiger partial charge >= 0.3 is 12.0 Å². The van der Waals surface area contributed by atoms with Gasteiger partial charge in [-0.1, -0.05) is 6.92 Å². The van der Waals surface area contributed by atoms with Gasteiger partial charge in [-0.15, -0.1) is 0 Å². The number of urea groups is 1. The van der Waals surface area contributed by atoms with Gasteiger partial charge in [-0.2, -0.15) is 0 Å². The molecule has 1 aliphatic heterocycles. The molecule has 3 atom stereocenters. The van der Waals surface area contributed by atoms with E-state index < -0.39 is 5.97 Å². The van der Waals surface area contributed by atoms with Crippen LogP contribution in [0.1, 0.15) is 46.0 Å². The van der Waals surface area contributed by atoms with E-state index in [0.717, 1.165) is 38.7 Å². The van der Waals surface area contributed by atoms with Crippen molar-refractivity contribution in [2.24, 2.45) is 0 Å². The monoisotopic (exact) mass is 369 g/mol. The lowest BCUT2D eigenvalue weighted by molar-refractivity contribution is -0.194. The molecule has 3 aliphatic rings. The van der Waals surface area contributed by atoms with Gasteiger partial charge in [-0.25, -0.2) is 4.79 Å². The van der Waals surface area contributed by atoms with Crippen molar-refractivity contribution in [2.45, 2.75) is 75.8 Å². The molecule has 0 aromatic carbocycles. The number of hydrogen-bond acceptors (Lipinski definition) is 5. The maximum absolute atomic E-state index is 12.4. The summed E-state index contributed by atoms with van der Waals surface area (Å²) >= 11 is 0.